The van der Waals surface area contributed by atoms with Gasteiger partial charge in [-0.2, -0.15) is 13.2 Å². The van der Waals surface area contributed by atoms with Crippen molar-refractivity contribution in [1.82, 2.24) is 16.0 Å². The minimum atomic E-state index is -4.40. The molecule has 162 valence electrons. The summed E-state index contributed by atoms with van der Waals surface area (Å²) in [5.41, 5.74) is 2.89. The molecule has 0 aliphatic heterocycles. The zero-order valence-electron chi connectivity index (χ0n) is 17.1. The molecular formula is C21H25F3N4O2. The van der Waals surface area contributed by atoms with Gasteiger partial charge < -0.3 is 20.7 Å². The second-order valence-corrected chi connectivity index (χ2v) is 6.57. The highest BCUT2D eigenvalue weighted by Crippen LogP contribution is 2.23. The number of hydrogen-bond acceptors (Lipinski definition) is 3. The number of carbonyl (C=O) groups is 1. The number of alkyl halides is 3. The molecule has 0 unspecified atom stereocenters. The summed E-state index contributed by atoms with van der Waals surface area (Å²) < 4.78 is 42.5. The Morgan fingerprint density at radius 3 is 2.33 bits per heavy atom. The third-order valence-electron chi connectivity index (χ3n) is 4.19. The van der Waals surface area contributed by atoms with Crippen LogP contribution in [0.1, 0.15) is 27.0 Å². The Balaban J connectivity index is 1.95. The number of ether oxygens (including phenoxy) is 1. The summed E-state index contributed by atoms with van der Waals surface area (Å²) >= 11 is 0. The SMILES string of the molecule is CN=C(NCc1ccc(C(=O)NC)cc1)NCc1ccc(C)cc1OCC(F)(F)F. The van der Waals surface area contributed by atoms with Crippen LogP contribution in [0.15, 0.2) is 47.5 Å². The number of nitrogens with zero attached hydrogens (tertiary/aromatic N) is 1. The van der Waals surface area contributed by atoms with E-state index < -0.39 is 12.8 Å². The van der Waals surface area contributed by atoms with Gasteiger partial charge in [0.05, 0.1) is 0 Å². The van der Waals surface area contributed by atoms with Crippen molar-refractivity contribution >= 4 is 11.9 Å². The average molecular weight is 422 g/mol. The topological polar surface area (TPSA) is 74.8 Å². The number of halogens is 3. The molecule has 3 N–H and O–H groups in total. The highest BCUT2D eigenvalue weighted by Gasteiger charge is 2.28. The van der Waals surface area contributed by atoms with E-state index in [1.807, 2.05) is 18.2 Å². The van der Waals surface area contributed by atoms with Crippen LogP contribution < -0.4 is 20.7 Å². The molecule has 0 spiro atoms. The van der Waals surface area contributed by atoms with Crippen molar-refractivity contribution in [3.8, 4) is 5.75 Å². The van der Waals surface area contributed by atoms with E-state index in [2.05, 4.69) is 20.9 Å². The van der Waals surface area contributed by atoms with Crippen LogP contribution in [0.4, 0.5) is 13.2 Å². The van der Waals surface area contributed by atoms with Crippen LogP contribution in [0.3, 0.4) is 0 Å². The lowest BCUT2D eigenvalue weighted by Crippen LogP contribution is -2.36. The maximum Gasteiger partial charge on any atom is 0.422 e. The molecule has 0 heterocycles. The molecule has 0 radical (unpaired) electrons. The van der Waals surface area contributed by atoms with Crippen LogP contribution in [0, 0.1) is 6.92 Å². The van der Waals surface area contributed by atoms with E-state index in [9.17, 15) is 18.0 Å². The fraction of sp³-hybridized carbons (Fsp3) is 0.333. The molecule has 0 aliphatic carbocycles. The fourth-order valence-corrected chi connectivity index (χ4v) is 2.61. The number of benzene rings is 2. The summed E-state index contributed by atoms with van der Waals surface area (Å²) in [6, 6.07) is 12.2. The smallest absolute Gasteiger partial charge is 0.422 e. The molecule has 1 amide bonds. The minimum Gasteiger partial charge on any atom is -0.484 e. The lowest BCUT2D eigenvalue weighted by Gasteiger charge is -2.16. The largest absolute Gasteiger partial charge is 0.484 e. The molecule has 2 aromatic carbocycles. The van der Waals surface area contributed by atoms with Crippen molar-refractivity contribution in [2.45, 2.75) is 26.2 Å². The van der Waals surface area contributed by atoms with Gasteiger partial charge in [-0.15, -0.1) is 0 Å². The number of nitrogens with one attached hydrogen (secondary N) is 3. The molecule has 6 nitrogen and oxygen atoms in total. The number of rotatable bonds is 7. The molecule has 0 fully saturated rings. The predicted octanol–water partition coefficient (Wildman–Crippen LogP) is 3.16. The van der Waals surface area contributed by atoms with E-state index >= 15 is 0 Å². The summed E-state index contributed by atoms with van der Waals surface area (Å²) in [7, 11) is 3.17. The molecule has 0 bridgehead atoms. The van der Waals surface area contributed by atoms with E-state index in [-0.39, 0.29) is 18.2 Å². The summed E-state index contributed by atoms with van der Waals surface area (Å²) in [5.74, 6) is 0.501. The van der Waals surface area contributed by atoms with Gasteiger partial charge in [0.25, 0.3) is 5.91 Å². The molecule has 0 atom stereocenters. The van der Waals surface area contributed by atoms with E-state index in [0.29, 0.717) is 23.6 Å². The number of amides is 1. The van der Waals surface area contributed by atoms with Crippen molar-refractivity contribution in [2.24, 2.45) is 4.99 Å². The van der Waals surface area contributed by atoms with Crippen LogP contribution in [0.5, 0.6) is 5.75 Å². The van der Waals surface area contributed by atoms with Crippen LogP contribution in [-0.4, -0.2) is 38.7 Å². The first-order valence-corrected chi connectivity index (χ1v) is 9.26. The summed E-state index contributed by atoms with van der Waals surface area (Å²) in [5, 5.41) is 8.75. The van der Waals surface area contributed by atoms with Gasteiger partial charge in [-0.3, -0.25) is 9.79 Å². The first-order chi connectivity index (χ1) is 14.2. The quantitative estimate of drug-likeness (QED) is 0.473. The van der Waals surface area contributed by atoms with Crippen LogP contribution in [0.2, 0.25) is 0 Å². The van der Waals surface area contributed by atoms with Crippen molar-refractivity contribution in [2.75, 3.05) is 20.7 Å². The maximum atomic E-state index is 12.5. The summed E-state index contributed by atoms with van der Waals surface area (Å²) in [6.45, 7) is 1.14. The molecule has 0 aromatic heterocycles. The van der Waals surface area contributed by atoms with Gasteiger partial charge in [0, 0.05) is 38.3 Å². The lowest BCUT2D eigenvalue weighted by atomic mass is 10.1. The Morgan fingerprint density at radius 1 is 1.07 bits per heavy atom. The number of aryl methyl sites for hydroxylation is 1. The van der Waals surface area contributed by atoms with Crippen molar-refractivity contribution in [3.63, 3.8) is 0 Å². The first-order valence-electron chi connectivity index (χ1n) is 9.26. The van der Waals surface area contributed by atoms with Crippen molar-refractivity contribution < 1.29 is 22.7 Å². The monoisotopic (exact) mass is 422 g/mol. The Kier molecular flexibility index (Phi) is 8.08. The summed E-state index contributed by atoms with van der Waals surface area (Å²) in [6.07, 6.45) is -4.40. The van der Waals surface area contributed by atoms with Crippen LogP contribution >= 0.6 is 0 Å². The molecule has 2 aromatic rings. The second kappa shape index (κ2) is 10.5. The maximum absolute atomic E-state index is 12.5. The van der Waals surface area contributed by atoms with Crippen LogP contribution in [-0.2, 0) is 13.1 Å². The molecular weight excluding hydrogens is 397 g/mol. The Hall–Kier alpha value is -3.23. The van der Waals surface area contributed by atoms with Gasteiger partial charge in [0.2, 0.25) is 0 Å². The van der Waals surface area contributed by atoms with Crippen molar-refractivity contribution in [1.29, 1.82) is 0 Å². The molecule has 0 saturated carbocycles. The zero-order chi connectivity index (χ0) is 22.1. The number of aliphatic imine (C=N–C) groups is 1. The average Bonchev–Trinajstić information content (AvgIpc) is 2.72. The normalized spacial score (nSPS) is 11.7. The molecule has 30 heavy (non-hydrogen) atoms. The second-order valence-electron chi connectivity index (χ2n) is 6.57. The zero-order valence-corrected chi connectivity index (χ0v) is 17.1. The van der Waals surface area contributed by atoms with E-state index in [1.165, 1.54) is 0 Å². The lowest BCUT2D eigenvalue weighted by molar-refractivity contribution is -0.153. The highest BCUT2D eigenvalue weighted by atomic mass is 19.4. The van der Waals surface area contributed by atoms with E-state index in [1.54, 1.807) is 45.3 Å². The van der Waals surface area contributed by atoms with Gasteiger partial charge in [-0.1, -0.05) is 24.3 Å². The van der Waals surface area contributed by atoms with Gasteiger partial charge in [0.1, 0.15) is 5.75 Å². The Morgan fingerprint density at radius 2 is 1.73 bits per heavy atom. The van der Waals surface area contributed by atoms with Gasteiger partial charge in [-0.25, -0.2) is 0 Å². The minimum absolute atomic E-state index is 0.159. The number of guanidine groups is 1. The first kappa shape index (κ1) is 23.1. The number of hydrogen-bond donors (Lipinski definition) is 3. The molecule has 9 heteroatoms. The third kappa shape index (κ3) is 7.31. The predicted molar refractivity (Wildman–Crippen MR) is 110 cm³/mol. The van der Waals surface area contributed by atoms with Crippen LogP contribution in [0.25, 0.3) is 0 Å². The van der Waals surface area contributed by atoms with Crippen molar-refractivity contribution in [3.05, 3.63) is 64.7 Å². The van der Waals surface area contributed by atoms with Gasteiger partial charge >= 0.3 is 6.18 Å². The Labute approximate surface area is 173 Å². The van der Waals surface area contributed by atoms with Gasteiger partial charge in [-0.05, 0) is 36.2 Å². The fourth-order valence-electron chi connectivity index (χ4n) is 2.61. The van der Waals surface area contributed by atoms with Gasteiger partial charge in [0.15, 0.2) is 12.6 Å². The third-order valence-corrected chi connectivity index (χ3v) is 4.19. The Bertz CT molecular complexity index is 881. The van der Waals surface area contributed by atoms with E-state index in [4.69, 9.17) is 4.74 Å². The molecule has 0 saturated heterocycles. The molecule has 2 rings (SSSR count). The molecule has 0 aliphatic rings. The highest BCUT2D eigenvalue weighted by molar-refractivity contribution is 5.93. The number of carbonyl (C=O) groups excluding carboxylic acids is 1. The van der Waals surface area contributed by atoms with E-state index in [0.717, 1.165) is 11.1 Å². The summed E-state index contributed by atoms with van der Waals surface area (Å²) in [4.78, 5) is 15.7. The standard InChI is InChI=1S/C21H25F3N4O2/c1-14-4-7-17(18(10-14)30-13-21(22,23)24)12-28-20(26-3)27-11-15-5-8-16(9-6-15)19(29)25-2/h4-10H,11-13H2,1-3H3,(H,25,29)(H2,26,27,28).